The van der Waals surface area contributed by atoms with Gasteiger partial charge in [-0.15, -0.1) is 0 Å². The van der Waals surface area contributed by atoms with Crippen molar-refractivity contribution in [1.82, 2.24) is 9.80 Å². The first-order valence-electron chi connectivity index (χ1n) is 11.2. The van der Waals surface area contributed by atoms with E-state index in [2.05, 4.69) is 10.2 Å². The van der Waals surface area contributed by atoms with Crippen LogP contribution in [0.3, 0.4) is 0 Å². The summed E-state index contributed by atoms with van der Waals surface area (Å²) in [7, 11) is 1.59. The molecule has 8 heteroatoms. The van der Waals surface area contributed by atoms with Crippen molar-refractivity contribution < 1.29 is 23.8 Å². The molecule has 174 valence electrons. The second kappa shape index (κ2) is 10.5. The van der Waals surface area contributed by atoms with Gasteiger partial charge in [-0.05, 0) is 48.9 Å². The number of carbonyl (C=O) groups excluding carboxylic acids is 2. The number of imide groups is 1. The average molecular weight is 452 g/mol. The van der Waals surface area contributed by atoms with E-state index >= 15 is 0 Å². The van der Waals surface area contributed by atoms with Crippen molar-refractivity contribution in [2.45, 2.75) is 6.92 Å². The largest absolute Gasteiger partial charge is 0.497 e. The van der Waals surface area contributed by atoms with Crippen molar-refractivity contribution in [3.8, 4) is 11.5 Å². The van der Waals surface area contributed by atoms with E-state index in [1.54, 1.807) is 31.4 Å². The zero-order chi connectivity index (χ0) is 23.2. The van der Waals surface area contributed by atoms with Gasteiger partial charge in [0.2, 0.25) is 0 Å². The highest BCUT2D eigenvalue weighted by molar-refractivity contribution is 6.36. The topological polar surface area (TPSA) is 80.3 Å². The molecular formula is C25H29N3O5. The molecule has 0 unspecified atom stereocenters. The fraction of sp³-hybridized carbons (Fsp3) is 0.360. The highest BCUT2D eigenvalue weighted by Crippen LogP contribution is 2.31. The number of benzene rings is 2. The molecule has 1 N–H and O–H groups in total. The Morgan fingerprint density at radius 1 is 0.909 bits per heavy atom. The molecule has 2 amide bonds. The second-order valence-corrected chi connectivity index (χ2v) is 7.78. The second-order valence-electron chi connectivity index (χ2n) is 7.78. The van der Waals surface area contributed by atoms with Crippen molar-refractivity contribution >= 4 is 23.1 Å². The molecule has 2 aliphatic heterocycles. The first kappa shape index (κ1) is 22.8. The number of hydrogen-bond donors (Lipinski definition) is 1. The molecule has 0 aliphatic carbocycles. The molecule has 0 radical (unpaired) electrons. The van der Waals surface area contributed by atoms with Crippen LogP contribution in [-0.2, 0) is 14.3 Å². The number of ether oxygens (including phenoxy) is 3. The molecule has 0 aromatic heterocycles. The van der Waals surface area contributed by atoms with E-state index in [0.717, 1.165) is 18.8 Å². The van der Waals surface area contributed by atoms with Crippen LogP contribution in [0.25, 0.3) is 5.57 Å². The number of nitrogens with one attached hydrogen (secondary N) is 1. The minimum atomic E-state index is -0.326. The molecule has 4 rings (SSSR count). The van der Waals surface area contributed by atoms with Gasteiger partial charge < -0.3 is 19.5 Å². The van der Waals surface area contributed by atoms with E-state index in [9.17, 15) is 9.59 Å². The van der Waals surface area contributed by atoms with Crippen LogP contribution in [0.4, 0.5) is 5.69 Å². The van der Waals surface area contributed by atoms with Crippen LogP contribution in [0.5, 0.6) is 11.5 Å². The lowest BCUT2D eigenvalue weighted by Crippen LogP contribution is -2.43. The summed E-state index contributed by atoms with van der Waals surface area (Å²) in [6.45, 7) is 6.37. The van der Waals surface area contributed by atoms with Gasteiger partial charge in [-0.3, -0.25) is 19.4 Å². The van der Waals surface area contributed by atoms with Crippen molar-refractivity contribution in [3.63, 3.8) is 0 Å². The van der Waals surface area contributed by atoms with Crippen LogP contribution in [0.1, 0.15) is 12.5 Å². The number of methoxy groups -OCH3 is 1. The molecule has 0 spiro atoms. The summed E-state index contributed by atoms with van der Waals surface area (Å²) in [4.78, 5) is 30.3. The van der Waals surface area contributed by atoms with E-state index in [0.29, 0.717) is 55.5 Å². The Labute approximate surface area is 193 Å². The predicted octanol–water partition coefficient (Wildman–Crippen LogP) is 2.62. The van der Waals surface area contributed by atoms with Gasteiger partial charge in [-0.1, -0.05) is 12.1 Å². The van der Waals surface area contributed by atoms with E-state index in [-0.39, 0.29) is 17.5 Å². The summed E-state index contributed by atoms with van der Waals surface area (Å²) in [5, 5.41) is 3.18. The number of nitrogens with zero attached hydrogens (tertiary/aromatic N) is 2. The highest BCUT2D eigenvalue weighted by Gasteiger charge is 2.39. The molecular weight excluding hydrogens is 422 g/mol. The van der Waals surface area contributed by atoms with E-state index in [4.69, 9.17) is 14.2 Å². The fourth-order valence-corrected chi connectivity index (χ4v) is 3.93. The monoisotopic (exact) mass is 451 g/mol. The van der Waals surface area contributed by atoms with E-state index in [1.807, 2.05) is 31.2 Å². The minimum Gasteiger partial charge on any atom is -0.497 e. The first-order chi connectivity index (χ1) is 16.1. The van der Waals surface area contributed by atoms with Gasteiger partial charge in [0, 0.05) is 31.9 Å². The Morgan fingerprint density at radius 3 is 2.21 bits per heavy atom. The van der Waals surface area contributed by atoms with Gasteiger partial charge >= 0.3 is 0 Å². The van der Waals surface area contributed by atoms with Crippen molar-refractivity contribution in [3.05, 3.63) is 59.8 Å². The predicted molar refractivity (Wildman–Crippen MR) is 125 cm³/mol. The third kappa shape index (κ3) is 5.18. The number of carbonyl (C=O) groups is 2. The van der Waals surface area contributed by atoms with Gasteiger partial charge in [0.05, 0.1) is 32.5 Å². The Kier molecular flexibility index (Phi) is 7.26. The van der Waals surface area contributed by atoms with Crippen molar-refractivity contribution in [2.24, 2.45) is 0 Å². The number of hydrogen-bond acceptors (Lipinski definition) is 7. The molecule has 2 aromatic carbocycles. The Bertz CT molecular complexity index is 1010. The van der Waals surface area contributed by atoms with Gasteiger partial charge in [-0.2, -0.15) is 0 Å². The number of anilines is 1. The summed E-state index contributed by atoms with van der Waals surface area (Å²) >= 11 is 0. The van der Waals surface area contributed by atoms with Crippen LogP contribution in [0, 0.1) is 0 Å². The highest BCUT2D eigenvalue weighted by atomic mass is 16.5. The molecule has 0 atom stereocenters. The average Bonchev–Trinajstić information content (AvgIpc) is 3.08. The van der Waals surface area contributed by atoms with Crippen LogP contribution >= 0.6 is 0 Å². The number of rotatable bonds is 9. The van der Waals surface area contributed by atoms with Gasteiger partial charge in [0.25, 0.3) is 11.8 Å². The molecule has 2 heterocycles. The van der Waals surface area contributed by atoms with Crippen LogP contribution < -0.4 is 14.8 Å². The normalized spacial score (nSPS) is 17.0. The number of morpholine rings is 1. The van der Waals surface area contributed by atoms with Crippen LogP contribution in [0.15, 0.2) is 54.2 Å². The van der Waals surface area contributed by atoms with E-state index in [1.165, 1.54) is 4.90 Å². The zero-order valence-electron chi connectivity index (χ0n) is 19.0. The minimum absolute atomic E-state index is 0.274. The fourth-order valence-electron chi connectivity index (χ4n) is 3.93. The summed E-state index contributed by atoms with van der Waals surface area (Å²) in [6, 6.07) is 14.5. The van der Waals surface area contributed by atoms with Crippen molar-refractivity contribution in [2.75, 3.05) is 58.4 Å². The first-order valence-corrected chi connectivity index (χ1v) is 11.2. The smallest absolute Gasteiger partial charge is 0.278 e. The molecule has 0 saturated carbocycles. The Morgan fingerprint density at radius 2 is 1.58 bits per heavy atom. The van der Waals surface area contributed by atoms with Crippen molar-refractivity contribution in [1.29, 1.82) is 0 Å². The Balaban J connectivity index is 1.60. The van der Waals surface area contributed by atoms with Gasteiger partial charge in [0.15, 0.2) is 0 Å². The number of amides is 2. The van der Waals surface area contributed by atoms with E-state index < -0.39 is 0 Å². The zero-order valence-corrected chi connectivity index (χ0v) is 19.0. The maximum atomic E-state index is 13.4. The molecule has 1 fully saturated rings. The quantitative estimate of drug-likeness (QED) is 0.587. The third-order valence-corrected chi connectivity index (χ3v) is 5.72. The summed E-state index contributed by atoms with van der Waals surface area (Å²) in [6.07, 6.45) is 0. The van der Waals surface area contributed by atoms with Gasteiger partial charge in [0.1, 0.15) is 17.2 Å². The molecule has 0 bridgehead atoms. The maximum absolute atomic E-state index is 13.4. The van der Waals surface area contributed by atoms with Gasteiger partial charge in [-0.25, -0.2) is 0 Å². The van der Waals surface area contributed by atoms with Crippen LogP contribution in [0.2, 0.25) is 0 Å². The lowest BCUT2D eigenvalue weighted by molar-refractivity contribution is -0.137. The summed E-state index contributed by atoms with van der Waals surface area (Å²) in [5.74, 6) is 0.800. The lowest BCUT2D eigenvalue weighted by Gasteiger charge is -2.28. The third-order valence-electron chi connectivity index (χ3n) is 5.72. The maximum Gasteiger partial charge on any atom is 0.278 e. The molecule has 8 nitrogen and oxygen atoms in total. The summed E-state index contributed by atoms with van der Waals surface area (Å²) in [5.41, 5.74) is 2.00. The molecule has 2 aromatic rings. The molecule has 33 heavy (non-hydrogen) atoms. The Hall–Kier alpha value is -3.36. The lowest BCUT2D eigenvalue weighted by atomic mass is 10.0. The molecule has 2 aliphatic rings. The molecule has 1 saturated heterocycles. The summed E-state index contributed by atoms with van der Waals surface area (Å²) < 4.78 is 16.1. The van der Waals surface area contributed by atoms with Crippen LogP contribution in [-0.4, -0.2) is 74.7 Å². The standard InChI is InChI=1S/C25H29N3O5/c1-3-33-21-10-6-19(7-11-21)26-23-22(18-4-8-20(31-2)9-5-18)24(29)28(25(23)30)13-12-27-14-16-32-17-15-27/h4-11,26H,3,12-17H2,1-2H3. The SMILES string of the molecule is CCOc1ccc(NC2=C(c3ccc(OC)cc3)C(=O)N(CCN3CCOCC3)C2=O)cc1.